The van der Waals surface area contributed by atoms with E-state index in [2.05, 4.69) is 10.3 Å². The Kier molecular flexibility index (Phi) is 3.43. The number of aliphatic hydroxyl groups is 1. The molecule has 0 fully saturated rings. The first-order valence-electron chi connectivity index (χ1n) is 5.93. The molecule has 1 aromatic carbocycles. The number of aryl methyl sites for hydroxylation is 1. The smallest absolute Gasteiger partial charge is 0.133 e. The van der Waals surface area contributed by atoms with E-state index in [1.165, 1.54) is 12.3 Å². The Morgan fingerprint density at radius 1 is 1.39 bits per heavy atom. The van der Waals surface area contributed by atoms with E-state index >= 15 is 0 Å². The summed E-state index contributed by atoms with van der Waals surface area (Å²) in [5.41, 5.74) is -0.719. The fourth-order valence-corrected chi connectivity index (χ4v) is 2.01. The minimum atomic E-state index is -1.44. The van der Waals surface area contributed by atoms with Crippen LogP contribution in [0.4, 0.5) is 4.39 Å². The van der Waals surface area contributed by atoms with Crippen molar-refractivity contribution in [2.24, 2.45) is 0 Å². The summed E-state index contributed by atoms with van der Waals surface area (Å²) in [6.07, 6.45) is 2.34. The monoisotopic (exact) mass is 249 g/mol. The number of benzene rings is 1. The molecular formula is C13H16FN3O. The Hall–Kier alpha value is -1.75. The summed E-state index contributed by atoms with van der Waals surface area (Å²) in [6, 6.07) is 6.19. The number of halogens is 1. The molecule has 1 unspecified atom stereocenters. The molecule has 0 saturated carbocycles. The van der Waals surface area contributed by atoms with Gasteiger partial charge in [-0.1, -0.05) is 30.3 Å². The highest BCUT2D eigenvalue weighted by atomic mass is 19.1. The van der Waals surface area contributed by atoms with Crippen molar-refractivity contribution in [2.45, 2.75) is 32.4 Å². The standard InChI is InChI=1S/C13H16FN3O/c1-3-8-17-12(9-15-16-17)13(2,18)10-6-4-5-7-11(10)14/h4-7,9,18H,3,8H2,1-2H3. The molecule has 18 heavy (non-hydrogen) atoms. The van der Waals surface area contributed by atoms with Crippen molar-refractivity contribution in [3.63, 3.8) is 0 Å². The van der Waals surface area contributed by atoms with Gasteiger partial charge in [0.1, 0.15) is 11.4 Å². The SMILES string of the molecule is CCCn1nncc1C(C)(O)c1ccccc1F. The molecular weight excluding hydrogens is 233 g/mol. The van der Waals surface area contributed by atoms with Gasteiger partial charge in [0.25, 0.3) is 0 Å². The molecule has 96 valence electrons. The van der Waals surface area contributed by atoms with Crippen molar-refractivity contribution in [2.75, 3.05) is 0 Å². The fourth-order valence-electron chi connectivity index (χ4n) is 2.01. The number of rotatable bonds is 4. The van der Waals surface area contributed by atoms with Crippen LogP contribution in [0.3, 0.4) is 0 Å². The first-order valence-corrected chi connectivity index (χ1v) is 5.93. The van der Waals surface area contributed by atoms with Crippen molar-refractivity contribution in [3.8, 4) is 0 Å². The lowest BCUT2D eigenvalue weighted by atomic mass is 9.92. The van der Waals surface area contributed by atoms with E-state index in [-0.39, 0.29) is 5.56 Å². The van der Waals surface area contributed by atoms with Gasteiger partial charge in [-0.05, 0) is 19.4 Å². The van der Waals surface area contributed by atoms with Gasteiger partial charge in [0.15, 0.2) is 0 Å². The minimum Gasteiger partial charge on any atom is -0.379 e. The highest BCUT2D eigenvalue weighted by Gasteiger charge is 2.32. The number of hydrogen-bond acceptors (Lipinski definition) is 3. The Morgan fingerprint density at radius 3 is 2.78 bits per heavy atom. The van der Waals surface area contributed by atoms with Crippen LogP contribution in [0.25, 0.3) is 0 Å². The normalized spacial score (nSPS) is 14.4. The summed E-state index contributed by atoms with van der Waals surface area (Å²) in [7, 11) is 0. The second-order valence-corrected chi connectivity index (χ2v) is 4.39. The molecule has 5 heteroatoms. The summed E-state index contributed by atoms with van der Waals surface area (Å²) in [5, 5.41) is 18.3. The molecule has 0 aliphatic carbocycles. The van der Waals surface area contributed by atoms with Crippen LogP contribution in [0.1, 0.15) is 31.5 Å². The van der Waals surface area contributed by atoms with E-state index in [9.17, 15) is 9.50 Å². The minimum absolute atomic E-state index is 0.227. The number of aromatic nitrogens is 3. The van der Waals surface area contributed by atoms with Crippen molar-refractivity contribution in [1.29, 1.82) is 0 Å². The quantitative estimate of drug-likeness (QED) is 0.902. The number of nitrogens with zero attached hydrogens (tertiary/aromatic N) is 3. The van der Waals surface area contributed by atoms with Gasteiger partial charge in [-0.25, -0.2) is 9.07 Å². The summed E-state index contributed by atoms with van der Waals surface area (Å²) in [5.74, 6) is -0.438. The molecule has 0 aliphatic heterocycles. The molecule has 2 aromatic rings. The zero-order valence-electron chi connectivity index (χ0n) is 10.5. The van der Waals surface area contributed by atoms with Crippen LogP contribution in [-0.4, -0.2) is 20.1 Å². The predicted molar refractivity (Wildman–Crippen MR) is 65.4 cm³/mol. The van der Waals surface area contributed by atoms with E-state index in [4.69, 9.17) is 0 Å². The molecule has 0 spiro atoms. The van der Waals surface area contributed by atoms with Crippen LogP contribution in [0.15, 0.2) is 30.5 Å². The van der Waals surface area contributed by atoms with E-state index in [0.29, 0.717) is 12.2 Å². The maximum absolute atomic E-state index is 13.8. The zero-order chi connectivity index (χ0) is 13.2. The first kappa shape index (κ1) is 12.7. The molecule has 4 nitrogen and oxygen atoms in total. The zero-order valence-corrected chi connectivity index (χ0v) is 10.5. The average molecular weight is 249 g/mol. The molecule has 1 aromatic heterocycles. The van der Waals surface area contributed by atoms with Crippen LogP contribution in [0.5, 0.6) is 0 Å². The first-order chi connectivity index (χ1) is 8.57. The highest BCUT2D eigenvalue weighted by Crippen LogP contribution is 2.30. The Labute approximate surface area is 105 Å². The lowest BCUT2D eigenvalue weighted by Crippen LogP contribution is -2.28. The van der Waals surface area contributed by atoms with Crippen LogP contribution in [-0.2, 0) is 12.1 Å². The molecule has 1 heterocycles. The lowest BCUT2D eigenvalue weighted by molar-refractivity contribution is 0.0873. The van der Waals surface area contributed by atoms with Crippen LogP contribution < -0.4 is 0 Å². The Bertz CT molecular complexity index is 537. The maximum Gasteiger partial charge on any atom is 0.133 e. The second kappa shape index (κ2) is 4.86. The number of hydrogen-bond donors (Lipinski definition) is 1. The van der Waals surface area contributed by atoms with E-state index in [1.807, 2.05) is 6.92 Å². The molecule has 0 saturated heterocycles. The largest absolute Gasteiger partial charge is 0.379 e. The molecule has 2 rings (SSSR count). The topological polar surface area (TPSA) is 50.9 Å². The van der Waals surface area contributed by atoms with Gasteiger partial charge >= 0.3 is 0 Å². The molecule has 0 radical (unpaired) electrons. The Balaban J connectivity index is 2.47. The van der Waals surface area contributed by atoms with Crippen LogP contribution >= 0.6 is 0 Å². The van der Waals surface area contributed by atoms with Crippen LogP contribution in [0, 0.1) is 5.82 Å². The predicted octanol–water partition coefficient (Wildman–Crippen LogP) is 2.08. The van der Waals surface area contributed by atoms with E-state index in [0.717, 1.165) is 6.42 Å². The summed E-state index contributed by atoms with van der Waals surface area (Å²) >= 11 is 0. The summed E-state index contributed by atoms with van der Waals surface area (Å²) in [6.45, 7) is 4.19. The molecule has 1 N–H and O–H groups in total. The van der Waals surface area contributed by atoms with Gasteiger partial charge in [-0.15, -0.1) is 5.10 Å². The van der Waals surface area contributed by atoms with Crippen molar-refractivity contribution >= 4 is 0 Å². The van der Waals surface area contributed by atoms with Crippen molar-refractivity contribution in [1.82, 2.24) is 15.0 Å². The fraction of sp³-hybridized carbons (Fsp3) is 0.385. The summed E-state index contributed by atoms with van der Waals surface area (Å²) in [4.78, 5) is 0. The van der Waals surface area contributed by atoms with Crippen molar-refractivity contribution in [3.05, 3.63) is 47.5 Å². The van der Waals surface area contributed by atoms with Crippen LogP contribution in [0.2, 0.25) is 0 Å². The third-order valence-electron chi connectivity index (χ3n) is 2.95. The van der Waals surface area contributed by atoms with Gasteiger partial charge in [-0.2, -0.15) is 0 Å². The molecule has 0 aliphatic rings. The van der Waals surface area contributed by atoms with Gasteiger partial charge < -0.3 is 5.11 Å². The third-order valence-corrected chi connectivity index (χ3v) is 2.95. The molecule has 0 bridgehead atoms. The maximum atomic E-state index is 13.8. The van der Waals surface area contributed by atoms with Gasteiger partial charge in [0.05, 0.1) is 11.9 Å². The second-order valence-electron chi connectivity index (χ2n) is 4.39. The summed E-state index contributed by atoms with van der Waals surface area (Å²) < 4.78 is 15.4. The van der Waals surface area contributed by atoms with E-state index in [1.54, 1.807) is 29.8 Å². The molecule has 0 amide bonds. The highest BCUT2D eigenvalue weighted by molar-refractivity contribution is 5.31. The van der Waals surface area contributed by atoms with E-state index < -0.39 is 11.4 Å². The lowest BCUT2D eigenvalue weighted by Gasteiger charge is -2.24. The van der Waals surface area contributed by atoms with Crippen molar-refractivity contribution < 1.29 is 9.50 Å². The third kappa shape index (κ3) is 2.13. The van der Waals surface area contributed by atoms with Gasteiger partial charge in [0, 0.05) is 12.1 Å². The molecule has 1 atom stereocenters. The van der Waals surface area contributed by atoms with Gasteiger partial charge in [-0.3, -0.25) is 0 Å². The van der Waals surface area contributed by atoms with Gasteiger partial charge in [0.2, 0.25) is 0 Å². The average Bonchev–Trinajstić information content (AvgIpc) is 2.79. The Morgan fingerprint density at radius 2 is 2.11 bits per heavy atom.